The number of hydrogen-bond donors (Lipinski definition) is 2. The summed E-state index contributed by atoms with van der Waals surface area (Å²) >= 11 is 6.39. The summed E-state index contributed by atoms with van der Waals surface area (Å²) in [6, 6.07) is 1.41. The van der Waals surface area contributed by atoms with E-state index in [1.165, 1.54) is 6.07 Å². The SMILES string of the molecule is C[C@@H](COCC1=NN(C)CCN(c2ccc(C(F)(F)F)nn2)CC=C1Cl)Nc1cn[nH]c(=O)c1C(F)(F)F. The van der Waals surface area contributed by atoms with Crippen LogP contribution in [0.15, 0.2) is 39.3 Å². The molecule has 3 rings (SSSR count). The first-order valence-electron chi connectivity index (χ1n) is 11.1. The molecule has 1 atom stereocenters. The number of nitrogens with one attached hydrogen (secondary N) is 2. The molecule has 17 heteroatoms. The Bertz CT molecular complexity index is 1220. The van der Waals surface area contributed by atoms with Crippen molar-refractivity contribution in [1.82, 2.24) is 25.4 Å². The highest BCUT2D eigenvalue weighted by atomic mass is 35.5. The van der Waals surface area contributed by atoms with Crippen LogP contribution in [0.25, 0.3) is 0 Å². The van der Waals surface area contributed by atoms with Gasteiger partial charge >= 0.3 is 12.4 Å². The van der Waals surface area contributed by atoms with Gasteiger partial charge in [0.2, 0.25) is 0 Å². The van der Waals surface area contributed by atoms with Crippen LogP contribution >= 0.6 is 11.6 Å². The predicted molar refractivity (Wildman–Crippen MR) is 127 cm³/mol. The minimum atomic E-state index is -4.88. The molecular weight excluding hydrogens is 546 g/mol. The van der Waals surface area contributed by atoms with E-state index >= 15 is 0 Å². The second kappa shape index (κ2) is 12.0. The van der Waals surface area contributed by atoms with Crippen molar-refractivity contribution in [2.75, 3.05) is 50.1 Å². The molecule has 3 heterocycles. The number of nitrogens with zero attached hydrogens (tertiary/aromatic N) is 6. The molecule has 0 aromatic carbocycles. The molecule has 0 amide bonds. The Morgan fingerprint density at radius 2 is 1.89 bits per heavy atom. The maximum Gasteiger partial charge on any atom is 0.435 e. The summed E-state index contributed by atoms with van der Waals surface area (Å²) in [6.45, 7) is 2.30. The van der Waals surface area contributed by atoms with Gasteiger partial charge in [0.25, 0.3) is 5.56 Å². The molecule has 0 fully saturated rings. The second-order valence-electron chi connectivity index (χ2n) is 8.25. The molecule has 0 unspecified atom stereocenters. The molecule has 0 radical (unpaired) electrons. The average Bonchev–Trinajstić information content (AvgIpc) is 2.88. The maximum atomic E-state index is 13.2. The number of aromatic amines is 1. The highest BCUT2D eigenvalue weighted by molar-refractivity contribution is 6.43. The predicted octanol–water partition coefficient (Wildman–Crippen LogP) is 3.35. The number of alkyl halides is 6. The zero-order valence-corrected chi connectivity index (χ0v) is 20.8. The van der Waals surface area contributed by atoms with E-state index < -0.39 is 40.9 Å². The highest BCUT2D eigenvalue weighted by Crippen LogP contribution is 2.31. The zero-order valence-electron chi connectivity index (χ0n) is 20.1. The Kier molecular flexibility index (Phi) is 9.19. The monoisotopic (exact) mass is 568 g/mol. The van der Waals surface area contributed by atoms with E-state index in [1.54, 1.807) is 35.1 Å². The van der Waals surface area contributed by atoms with Crippen molar-refractivity contribution >= 4 is 28.8 Å². The van der Waals surface area contributed by atoms with Crippen molar-refractivity contribution < 1.29 is 31.1 Å². The molecule has 0 aliphatic carbocycles. The maximum absolute atomic E-state index is 13.2. The molecule has 208 valence electrons. The van der Waals surface area contributed by atoms with Gasteiger partial charge in [0.05, 0.1) is 36.7 Å². The Hall–Kier alpha value is -3.40. The zero-order chi connectivity index (χ0) is 28.1. The summed E-state index contributed by atoms with van der Waals surface area (Å²) in [4.78, 5) is 13.3. The lowest BCUT2D eigenvalue weighted by molar-refractivity contribution is -0.141. The minimum absolute atomic E-state index is 0.0652. The minimum Gasteiger partial charge on any atom is -0.378 e. The van der Waals surface area contributed by atoms with Gasteiger partial charge in [-0.05, 0) is 25.1 Å². The summed E-state index contributed by atoms with van der Waals surface area (Å²) < 4.78 is 83.6. The van der Waals surface area contributed by atoms with Crippen molar-refractivity contribution in [3.05, 3.63) is 51.0 Å². The van der Waals surface area contributed by atoms with Gasteiger partial charge in [0.15, 0.2) is 11.5 Å². The summed E-state index contributed by atoms with van der Waals surface area (Å²) in [5, 5.41) is 20.8. The first-order valence-corrected chi connectivity index (χ1v) is 11.4. The third kappa shape index (κ3) is 7.80. The Morgan fingerprint density at radius 3 is 2.53 bits per heavy atom. The molecule has 38 heavy (non-hydrogen) atoms. The summed E-state index contributed by atoms with van der Waals surface area (Å²) in [7, 11) is 1.66. The second-order valence-corrected chi connectivity index (χ2v) is 8.65. The van der Waals surface area contributed by atoms with E-state index in [0.29, 0.717) is 18.8 Å². The standard InChI is InChI=1S/C21H23ClF6N8O2/c1-12(30-14-9-29-33-19(37)18(14)21(26,27)28)10-38-11-15-13(22)5-6-36(8-7-35(2)34-15)17-4-3-16(31-32-17)20(23,24)25/h3-5,9,12H,6-8,10-11H2,1-2H3,(H2,30,33,37)/t12-/m0/s1. The quantitative estimate of drug-likeness (QED) is 0.489. The number of anilines is 2. The lowest BCUT2D eigenvalue weighted by atomic mass is 10.2. The third-order valence-corrected chi connectivity index (χ3v) is 5.54. The fraction of sp³-hybridized carbons (Fsp3) is 0.476. The molecule has 1 aliphatic heterocycles. The van der Waals surface area contributed by atoms with Gasteiger partial charge in [-0.2, -0.15) is 36.5 Å². The van der Waals surface area contributed by atoms with Crippen LogP contribution in [0, 0.1) is 0 Å². The van der Waals surface area contributed by atoms with Crippen LogP contribution in [0.3, 0.4) is 0 Å². The molecule has 2 aromatic heterocycles. The number of aromatic nitrogens is 4. The molecule has 0 saturated carbocycles. The largest absolute Gasteiger partial charge is 0.435 e. The van der Waals surface area contributed by atoms with E-state index in [-0.39, 0.29) is 30.6 Å². The molecule has 0 bridgehead atoms. The van der Waals surface area contributed by atoms with Crippen molar-refractivity contribution in [3.8, 4) is 0 Å². The number of rotatable bonds is 7. The average molecular weight is 569 g/mol. The lowest BCUT2D eigenvalue weighted by Crippen LogP contribution is -2.32. The number of hydrazone groups is 1. The van der Waals surface area contributed by atoms with Gasteiger partial charge in [0.1, 0.15) is 11.3 Å². The fourth-order valence-electron chi connectivity index (χ4n) is 3.35. The first kappa shape index (κ1) is 29.2. The number of hydrogen-bond acceptors (Lipinski definition) is 9. The van der Waals surface area contributed by atoms with E-state index in [4.69, 9.17) is 16.3 Å². The Morgan fingerprint density at radius 1 is 1.16 bits per heavy atom. The van der Waals surface area contributed by atoms with E-state index in [9.17, 15) is 31.1 Å². The molecule has 2 N–H and O–H groups in total. The molecule has 10 nitrogen and oxygen atoms in total. The topological polar surface area (TPSA) is 112 Å². The normalized spacial score (nSPS) is 16.2. The van der Waals surface area contributed by atoms with Crippen LogP contribution in [0.5, 0.6) is 0 Å². The van der Waals surface area contributed by atoms with Crippen molar-refractivity contribution in [2.24, 2.45) is 5.10 Å². The number of ether oxygens (including phenoxy) is 1. The van der Waals surface area contributed by atoms with E-state index in [2.05, 4.69) is 25.7 Å². The van der Waals surface area contributed by atoms with Crippen molar-refractivity contribution in [2.45, 2.75) is 25.3 Å². The number of halogens is 7. The highest BCUT2D eigenvalue weighted by Gasteiger charge is 2.37. The van der Waals surface area contributed by atoms with Crippen LogP contribution in [-0.4, -0.2) is 77.1 Å². The molecule has 0 saturated heterocycles. The van der Waals surface area contributed by atoms with Gasteiger partial charge in [-0.15, -0.1) is 10.2 Å². The molecule has 0 spiro atoms. The summed E-state index contributed by atoms with van der Waals surface area (Å²) in [6.07, 6.45) is -7.03. The third-order valence-electron chi connectivity index (χ3n) is 5.16. The van der Waals surface area contributed by atoms with Crippen LogP contribution < -0.4 is 15.8 Å². The smallest absolute Gasteiger partial charge is 0.378 e. The van der Waals surface area contributed by atoms with Crippen LogP contribution in [0.2, 0.25) is 0 Å². The first-order chi connectivity index (χ1) is 17.8. The number of H-pyrrole nitrogens is 1. The van der Waals surface area contributed by atoms with Gasteiger partial charge in [-0.25, -0.2) is 5.10 Å². The Labute approximate surface area is 217 Å². The fourth-order valence-corrected chi connectivity index (χ4v) is 3.51. The van der Waals surface area contributed by atoms with E-state index in [1.807, 2.05) is 0 Å². The van der Waals surface area contributed by atoms with Gasteiger partial charge in [-0.3, -0.25) is 9.80 Å². The van der Waals surface area contributed by atoms with Crippen molar-refractivity contribution in [3.63, 3.8) is 0 Å². The van der Waals surface area contributed by atoms with E-state index in [0.717, 1.165) is 12.3 Å². The van der Waals surface area contributed by atoms with Crippen LogP contribution in [-0.2, 0) is 17.1 Å². The summed E-state index contributed by atoms with van der Waals surface area (Å²) in [5.74, 6) is 0.221. The molecule has 1 aliphatic rings. The molecule has 2 aromatic rings. The van der Waals surface area contributed by atoms with Crippen LogP contribution in [0.1, 0.15) is 18.2 Å². The van der Waals surface area contributed by atoms with Gasteiger partial charge in [0, 0.05) is 26.2 Å². The van der Waals surface area contributed by atoms with Gasteiger partial charge in [-0.1, -0.05) is 11.6 Å². The molecular formula is C21H23ClF6N8O2. The lowest BCUT2D eigenvalue weighted by Gasteiger charge is -2.23. The van der Waals surface area contributed by atoms with Crippen LogP contribution in [0.4, 0.5) is 37.8 Å². The summed E-state index contributed by atoms with van der Waals surface area (Å²) in [5.41, 5.74) is -4.02. The number of likely N-dealkylation sites (N-methyl/N-ethyl adjacent to an activating group) is 1. The Balaban J connectivity index is 1.63. The van der Waals surface area contributed by atoms with Crippen molar-refractivity contribution in [1.29, 1.82) is 0 Å². The van der Waals surface area contributed by atoms with Gasteiger partial charge < -0.3 is 15.0 Å².